The predicted molar refractivity (Wildman–Crippen MR) is 118 cm³/mol. The van der Waals surface area contributed by atoms with Gasteiger partial charge in [0, 0.05) is 11.4 Å². The summed E-state index contributed by atoms with van der Waals surface area (Å²) in [7, 11) is -3.67. The lowest BCUT2D eigenvalue weighted by Crippen LogP contribution is -2.27. The lowest BCUT2D eigenvalue weighted by molar-refractivity contribution is -0.115. The van der Waals surface area contributed by atoms with Crippen LogP contribution in [0.15, 0.2) is 83.8 Å². The van der Waals surface area contributed by atoms with Crippen molar-refractivity contribution in [2.24, 2.45) is 0 Å². The van der Waals surface area contributed by atoms with E-state index in [0.717, 1.165) is 16.8 Å². The van der Waals surface area contributed by atoms with Crippen molar-refractivity contribution < 1.29 is 13.2 Å². The van der Waals surface area contributed by atoms with Crippen molar-refractivity contribution in [3.63, 3.8) is 0 Å². The Morgan fingerprint density at radius 3 is 2.48 bits per heavy atom. The highest BCUT2D eigenvalue weighted by molar-refractivity contribution is 8.00. The van der Waals surface area contributed by atoms with E-state index in [1.54, 1.807) is 53.4 Å². The van der Waals surface area contributed by atoms with Crippen molar-refractivity contribution >= 4 is 39.1 Å². The van der Waals surface area contributed by atoms with E-state index in [1.165, 1.54) is 11.8 Å². The summed E-state index contributed by atoms with van der Waals surface area (Å²) in [4.78, 5) is 14.5. The first-order valence-electron chi connectivity index (χ1n) is 9.12. The van der Waals surface area contributed by atoms with E-state index in [-0.39, 0.29) is 16.2 Å². The second kappa shape index (κ2) is 7.93. The Kier molecular flexibility index (Phi) is 5.34. The van der Waals surface area contributed by atoms with Gasteiger partial charge in [0.25, 0.3) is 10.0 Å². The van der Waals surface area contributed by atoms with Gasteiger partial charge in [-0.3, -0.25) is 14.4 Å². The van der Waals surface area contributed by atoms with Crippen molar-refractivity contribution in [3.8, 4) is 0 Å². The molecule has 0 saturated carbocycles. The molecule has 0 unspecified atom stereocenters. The van der Waals surface area contributed by atoms with Crippen LogP contribution >= 0.6 is 11.8 Å². The van der Waals surface area contributed by atoms with Crippen LogP contribution in [-0.4, -0.2) is 20.1 Å². The van der Waals surface area contributed by atoms with E-state index in [2.05, 4.69) is 4.72 Å². The molecular weight excluding hydrogens is 404 g/mol. The molecule has 0 radical (unpaired) electrons. The van der Waals surface area contributed by atoms with Crippen LogP contribution in [0.5, 0.6) is 0 Å². The van der Waals surface area contributed by atoms with Crippen molar-refractivity contribution in [3.05, 3.63) is 90.0 Å². The number of nitrogens with one attached hydrogen (secondary N) is 1. The number of hydrogen-bond donors (Lipinski definition) is 1. The minimum Gasteiger partial charge on any atom is -0.295 e. The molecule has 0 spiro atoms. The molecule has 1 fully saturated rings. The van der Waals surface area contributed by atoms with Crippen molar-refractivity contribution in [2.75, 3.05) is 15.4 Å². The molecule has 5 nitrogen and oxygen atoms in total. The number of rotatable bonds is 5. The molecule has 1 atom stereocenters. The minimum atomic E-state index is -3.67. The molecule has 4 rings (SSSR count). The van der Waals surface area contributed by atoms with E-state index in [4.69, 9.17) is 0 Å². The molecule has 29 heavy (non-hydrogen) atoms. The summed E-state index contributed by atoms with van der Waals surface area (Å²) in [6.07, 6.45) is 0. The Morgan fingerprint density at radius 2 is 1.72 bits per heavy atom. The molecule has 1 aliphatic rings. The highest BCUT2D eigenvalue weighted by atomic mass is 32.2. The van der Waals surface area contributed by atoms with Gasteiger partial charge in [-0.25, -0.2) is 8.42 Å². The molecule has 3 aromatic rings. The zero-order valence-corrected chi connectivity index (χ0v) is 17.4. The first-order valence-corrected chi connectivity index (χ1v) is 11.7. The van der Waals surface area contributed by atoms with Gasteiger partial charge in [-0.1, -0.05) is 42.5 Å². The van der Waals surface area contributed by atoms with Crippen molar-refractivity contribution in [1.82, 2.24) is 0 Å². The zero-order chi connectivity index (χ0) is 20.4. The van der Waals surface area contributed by atoms with Crippen LogP contribution in [-0.2, 0) is 14.8 Å². The number of hydrogen-bond acceptors (Lipinski definition) is 4. The van der Waals surface area contributed by atoms with E-state index < -0.39 is 10.0 Å². The summed E-state index contributed by atoms with van der Waals surface area (Å²) in [6, 6.07) is 23.3. The molecule has 0 aromatic heterocycles. The fourth-order valence-corrected chi connectivity index (χ4v) is 5.53. The Morgan fingerprint density at radius 1 is 0.966 bits per heavy atom. The summed E-state index contributed by atoms with van der Waals surface area (Å²) >= 11 is 1.53. The maximum absolute atomic E-state index is 12.6. The monoisotopic (exact) mass is 424 g/mol. The van der Waals surface area contributed by atoms with Crippen LogP contribution in [0.25, 0.3) is 0 Å². The van der Waals surface area contributed by atoms with Crippen LogP contribution in [0.4, 0.5) is 11.4 Å². The highest BCUT2D eigenvalue weighted by Crippen LogP contribution is 2.42. The van der Waals surface area contributed by atoms with E-state index in [0.29, 0.717) is 11.4 Å². The van der Waals surface area contributed by atoms with Gasteiger partial charge in [-0.15, -0.1) is 11.8 Å². The first-order chi connectivity index (χ1) is 13.9. The van der Waals surface area contributed by atoms with Gasteiger partial charge in [0.2, 0.25) is 5.91 Å². The number of carbonyl (C=O) groups excluding carboxylic acids is 1. The predicted octanol–water partition coefficient (Wildman–Crippen LogP) is 4.57. The largest absolute Gasteiger partial charge is 0.295 e. The second-order valence-corrected chi connectivity index (χ2v) is 9.56. The second-order valence-electron chi connectivity index (χ2n) is 6.81. The van der Waals surface area contributed by atoms with Crippen LogP contribution in [0, 0.1) is 6.92 Å². The fourth-order valence-electron chi connectivity index (χ4n) is 3.30. The molecule has 0 aliphatic carbocycles. The van der Waals surface area contributed by atoms with Crippen LogP contribution < -0.4 is 9.62 Å². The third-order valence-electron chi connectivity index (χ3n) is 4.63. The van der Waals surface area contributed by atoms with E-state index in [9.17, 15) is 13.2 Å². The number of anilines is 2. The summed E-state index contributed by atoms with van der Waals surface area (Å²) in [5.74, 6) is 0.430. The summed E-state index contributed by atoms with van der Waals surface area (Å²) < 4.78 is 27.9. The number of aryl methyl sites for hydroxylation is 1. The maximum Gasteiger partial charge on any atom is 0.261 e. The average molecular weight is 425 g/mol. The van der Waals surface area contributed by atoms with Gasteiger partial charge >= 0.3 is 0 Å². The molecule has 1 heterocycles. The number of thioether (sulfide) groups is 1. The quantitative estimate of drug-likeness (QED) is 0.651. The number of nitrogens with zero attached hydrogens (tertiary/aromatic N) is 1. The molecule has 148 valence electrons. The van der Waals surface area contributed by atoms with Crippen molar-refractivity contribution in [1.29, 1.82) is 0 Å². The average Bonchev–Trinajstić information content (AvgIpc) is 3.10. The van der Waals surface area contributed by atoms with Crippen LogP contribution in [0.2, 0.25) is 0 Å². The Bertz CT molecular complexity index is 1150. The standard InChI is InChI=1S/C22H20N2O3S2/c1-16-7-5-10-19(13-16)24-21(25)15-28-22(24)17-8-6-9-18(14-17)23-29(26,27)20-11-3-2-4-12-20/h2-14,22-23H,15H2,1H3/t22-/m1/s1. The molecule has 0 bridgehead atoms. The van der Waals surface area contributed by atoms with Gasteiger partial charge in [-0.05, 0) is 54.4 Å². The molecular formula is C22H20N2O3S2. The Labute approximate surface area is 174 Å². The summed E-state index contributed by atoms with van der Waals surface area (Å²) in [5, 5.41) is -0.203. The normalized spacial score (nSPS) is 16.8. The highest BCUT2D eigenvalue weighted by Gasteiger charge is 2.34. The molecule has 1 amide bonds. The topological polar surface area (TPSA) is 66.5 Å². The van der Waals surface area contributed by atoms with Gasteiger partial charge < -0.3 is 0 Å². The van der Waals surface area contributed by atoms with Crippen molar-refractivity contribution in [2.45, 2.75) is 17.2 Å². The third kappa shape index (κ3) is 4.16. The molecule has 1 saturated heterocycles. The van der Waals surface area contributed by atoms with Gasteiger partial charge in [0.1, 0.15) is 5.37 Å². The number of sulfonamides is 1. The molecule has 7 heteroatoms. The maximum atomic E-state index is 12.6. The molecule has 1 aliphatic heterocycles. The fraction of sp³-hybridized carbons (Fsp3) is 0.136. The smallest absolute Gasteiger partial charge is 0.261 e. The first kappa shape index (κ1) is 19.5. The van der Waals surface area contributed by atoms with Crippen LogP contribution in [0.3, 0.4) is 0 Å². The lowest BCUT2D eigenvalue weighted by atomic mass is 10.1. The van der Waals surface area contributed by atoms with E-state index >= 15 is 0 Å². The van der Waals surface area contributed by atoms with Crippen LogP contribution in [0.1, 0.15) is 16.5 Å². The van der Waals surface area contributed by atoms with Gasteiger partial charge in [-0.2, -0.15) is 0 Å². The summed E-state index contributed by atoms with van der Waals surface area (Å²) in [5.41, 5.74) is 3.27. The zero-order valence-electron chi connectivity index (χ0n) is 15.8. The van der Waals surface area contributed by atoms with E-state index in [1.807, 2.05) is 37.3 Å². The number of benzene rings is 3. The molecule has 3 aromatic carbocycles. The third-order valence-corrected chi connectivity index (χ3v) is 7.23. The molecule has 1 N–H and O–H groups in total. The SMILES string of the molecule is Cc1cccc(N2C(=O)CS[C@@H]2c2cccc(NS(=O)(=O)c3ccccc3)c2)c1. The Hall–Kier alpha value is -2.77. The minimum absolute atomic E-state index is 0.0425. The number of amides is 1. The van der Waals surface area contributed by atoms with Gasteiger partial charge in [0.15, 0.2) is 0 Å². The Balaban J connectivity index is 1.64. The van der Waals surface area contributed by atoms with Gasteiger partial charge in [0.05, 0.1) is 10.6 Å². The number of carbonyl (C=O) groups is 1. The lowest BCUT2D eigenvalue weighted by Gasteiger charge is -2.25. The summed E-state index contributed by atoms with van der Waals surface area (Å²) in [6.45, 7) is 1.99.